The molecule has 1 aliphatic heterocycles. The Morgan fingerprint density at radius 1 is 1.45 bits per heavy atom. The van der Waals surface area contributed by atoms with Gasteiger partial charge in [0.15, 0.2) is 0 Å². The number of rotatable bonds is 2. The Morgan fingerprint density at radius 2 is 2.09 bits per heavy atom. The summed E-state index contributed by atoms with van der Waals surface area (Å²) in [7, 11) is 0. The molecule has 66 valence electrons. The second kappa shape index (κ2) is 3.04. The Bertz CT molecular complexity index is 143. The molecular formula is C6H13NO4. The first-order valence-corrected chi connectivity index (χ1v) is 3.49. The maximum atomic E-state index is 9.40. The third kappa shape index (κ3) is 1.38. The van der Waals surface area contributed by atoms with Gasteiger partial charge >= 0.3 is 0 Å². The Kier molecular flexibility index (Phi) is 2.46. The maximum Gasteiger partial charge on any atom is 0.127 e. The normalized spacial score (nSPS) is 44.7. The third-order valence-corrected chi connectivity index (χ3v) is 2.07. The van der Waals surface area contributed by atoms with Crippen LogP contribution in [0.25, 0.3) is 0 Å². The highest BCUT2D eigenvalue weighted by atomic mass is 16.4. The minimum atomic E-state index is -1.49. The van der Waals surface area contributed by atoms with Gasteiger partial charge in [0.1, 0.15) is 11.7 Å². The number of aliphatic hydroxyl groups excluding tert-OH is 3. The molecule has 0 saturated carbocycles. The molecule has 5 heteroatoms. The van der Waals surface area contributed by atoms with Gasteiger partial charge < -0.3 is 25.7 Å². The van der Waals surface area contributed by atoms with Crippen molar-refractivity contribution in [3.05, 3.63) is 0 Å². The summed E-state index contributed by atoms with van der Waals surface area (Å²) in [5.74, 6) is 0. The first-order chi connectivity index (χ1) is 5.14. The third-order valence-electron chi connectivity index (χ3n) is 2.07. The number of aliphatic hydroxyl groups is 4. The van der Waals surface area contributed by atoms with Gasteiger partial charge in [-0.1, -0.05) is 0 Å². The summed E-state index contributed by atoms with van der Waals surface area (Å²) in [5.41, 5.74) is -1.49. The maximum absolute atomic E-state index is 9.40. The van der Waals surface area contributed by atoms with Crippen LogP contribution < -0.4 is 5.32 Å². The molecule has 0 unspecified atom stereocenters. The molecule has 0 spiro atoms. The van der Waals surface area contributed by atoms with Gasteiger partial charge in [-0.2, -0.15) is 0 Å². The van der Waals surface area contributed by atoms with Crippen molar-refractivity contribution >= 4 is 0 Å². The van der Waals surface area contributed by atoms with E-state index in [9.17, 15) is 10.2 Å². The van der Waals surface area contributed by atoms with Crippen LogP contribution in [-0.2, 0) is 0 Å². The van der Waals surface area contributed by atoms with Crippen molar-refractivity contribution in [3.63, 3.8) is 0 Å². The summed E-state index contributed by atoms with van der Waals surface area (Å²) >= 11 is 0. The Balaban J connectivity index is 2.61. The van der Waals surface area contributed by atoms with E-state index in [4.69, 9.17) is 10.2 Å². The fourth-order valence-electron chi connectivity index (χ4n) is 1.21. The topological polar surface area (TPSA) is 93.0 Å². The predicted molar refractivity (Wildman–Crippen MR) is 36.9 cm³/mol. The highest BCUT2D eigenvalue weighted by Gasteiger charge is 2.45. The SMILES string of the molecule is OC[C@@H]1NC[C@](O)(CO)[C@@H]1O. The van der Waals surface area contributed by atoms with Gasteiger partial charge in [-0.15, -0.1) is 0 Å². The molecule has 11 heavy (non-hydrogen) atoms. The van der Waals surface area contributed by atoms with Gasteiger partial charge in [0.2, 0.25) is 0 Å². The van der Waals surface area contributed by atoms with E-state index in [0.29, 0.717) is 0 Å². The number of β-amino-alcohol motifs (C(OH)–C–C–N with tert-alkyl or cyclic N) is 1. The van der Waals surface area contributed by atoms with Crippen molar-refractivity contribution in [1.82, 2.24) is 5.32 Å². The lowest BCUT2D eigenvalue weighted by molar-refractivity contribution is -0.0842. The Labute approximate surface area is 64.3 Å². The molecule has 0 aromatic carbocycles. The highest BCUT2D eigenvalue weighted by molar-refractivity contribution is 5.01. The Hall–Kier alpha value is -0.200. The van der Waals surface area contributed by atoms with Crippen LogP contribution in [-0.4, -0.2) is 57.9 Å². The van der Waals surface area contributed by atoms with Gasteiger partial charge in [0, 0.05) is 6.54 Å². The monoisotopic (exact) mass is 163 g/mol. The first-order valence-electron chi connectivity index (χ1n) is 3.49. The van der Waals surface area contributed by atoms with Crippen LogP contribution in [0, 0.1) is 0 Å². The first kappa shape index (κ1) is 8.89. The zero-order valence-electron chi connectivity index (χ0n) is 6.06. The number of nitrogens with one attached hydrogen (secondary N) is 1. The minimum Gasteiger partial charge on any atom is -0.395 e. The predicted octanol–water partition coefficient (Wildman–Crippen LogP) is -2.97. The summed E-state index contributed by atoms with van der Waals surface area (Å²) in [6.45, 7) is -0.642. The molecule has 1 heterocycles. The second-order valence-corrected chi connectivity index (χ2v) is 2.88. The van der Waals surface area contributed by atoms with Gasteiger partial charge in [0.05, 0.1) is 19.3 Å². The lowest BCUT2D eigenvalue weighted by atomic mass is 9.98. The van der Waals surface area contributed by atoms with Crippen molar-refractivity contribution in [3.8, 4) is 0 Å². The van der Waals surface area contributed by atoms with Crippen LogP contribution in [0.1, 0.15) is 0 Å². The van der Waals surface area contributed by atoms with Crippen molar-refractivity contribution in [1.29, 1.82) is 0 Å². The molecule has 1 saturated heterocycles. The van der Waals surface area contributed by atoms with Gasteiger partial charge in [-0.25, -0.2) is 0 Å². The van der Waals surface area contributed by atoms with Crippen LogP contribution in [0.4, 0.5) is 0 Å². The van der Waals surface area contributed by atoms with E-state index in [-0.39, 0.29) is 13.2 Å². The van der Waals surface area contributed by atoms with Crippen LogP contribution >= 0.6 is 0 Å². The smallest absolute Gasteiger partial charge is 0.127 e. The average molecular weight is 163 g/mol. The molecule has 0 aliphatic carbocycles. The molecule has 3 atom stereocenters. The van der Waals surface area contributed by atoms with Crippen molar-refractivity contribution < 1.29 is 20.4 Å². The van der Waals surface area contributed by atoms with Gasteiger partial charge in [-0.05, 0) is 0 Å². The van der Waals surface area contributed by atoms with E-state index in [1.165, 1.54) is 0 Å². The minimum absolute atomic E-state index is 0.107. The van der Waals surface area contributed by atoms with E-state index in [1.807, 2.05) is 0 Å². The van der Waals surface area contributed by atoms with Crippen molar-refractivity contribution in [2.45, 2.75) is 17.7 Å². The van der Waals surface area contributed by atoms with E-state index in [1.54, 1.807) is 0 Å². The molecule has 0 amide bonds. The zero-order valence-corrected chi connectivity index (χ0v) is 6.06. The molecule has 1 rings (SSSR count). The lowest BCUT2D eigenvalue weighted by Crippen LogP contribution is -2.47. The molecule has 0 aromatic rings. The molecule has 0 radical (unpaired) electrons. The molecule has 5 nitrogen and oxygen atoms in total. The van der Waals surface area contributed by atoms with Gasteiger partial charge in [0.25, 0.3) is 0 Å². The van der Waals surface area contributed by atoms with Crippen LogP contribution in [0.3, 0.4) is 0 Å². The fourth-order valence-corrected chi connectivity index (χ4v) is 1.21. The van der Waals surface area contributed by atoms with E-state index >= 15 is 0 Å². The molecule has 1 fully saturated rings. The molecule has 0 bridgehead atoms. The molecule has 1 aliphatic rings. The largest absolute Gasteiger partial charge is 0.395 e. The average Bonchev–Trinajstić information content (AvgIpc) is 2.31. The summed E-state index contributed by atoms with van der Waals surface area (Å²) in [5, 5.41) is 38.7. The number of hydrogen-bond acceptors (Lipinski definition) is 5. The fraction of sp³-hybridized carbons (Fsp3) is 1.00. The van der Waals surface area contributed by atoms with E-state index in [0.717, 1.165) is 0 Å². The second-order valence-electron chi connectivity index (χ2n) is 2.88. The van der Waals surface area contributed by atoms with Crippen LogP contribution in [0.15, 0.2) is 0 Å². The number of hydrogen-bond donors (Lipinski definition) is 5. The van der Waals surface area contributed by atoms with Crippen molar-refractivity contribution in [2.24, 2.45) is 0 Å². The zero-order chi connectivity index (χ0) is 8.48. The standard InChI is InChI=1S/C6H13NO4/c8-1-4-5(10)6(11,3-9)2-7-4/h4-5,7-11H,1-3H2/t4-,5+,6-/m0/s1. The highest BCUT2D eigenvalue weighted by Crippen LogP contribution is 2.18. The summed E-state index contributed by atoms with van der Waals surface area (Å²) in [6, 6.07) is -0.535. The van der Waals surface area contributed by atoms with Crippen LogP contribution in [0.2, 0.25) is 0 Å². The molecular weight excluding hydrogens is 150 g/mol. The Morgan fingerprint density at radius 3 is 2.36 bits per heavy atom. The van der Waals surface area contributed by atoms with E-state index in [2.05, 4.69) is 5.32 Å². The summed E-state index contributed by atoms with van der Waals surface area (Å²) < 4.78 is 0. The quantitative estimate of drug-likeness (QED) is 0.300. The van der Waals surface area contributed by atoms with Crippen molar-refractivity contribution in [2.75, 3.05) is 19.8 Å². The van der Waals surface area contributed by atoms with Gasteiger partial charge in [-0.3, -0.25) is 0 Å². The lowest BCUT2D eigenvalue weighted by Gasteiger charge is -2.24. The molecule has 0 aromatic heterocycles. The van der Waals surface area contributed by atoms with E-state index < -0.39 is 24.4 Å². The molecule has 5 N–H and O–H groups in total. The summed E-state index contributed by atoms with van der Waals surface area (Å²) in [4.78, 5) is 0. The van der Waals surface area contributed by atoms with Crippen LogP contribution in [0.5, 0.6) is 0 Å². The summed E-state index contributed by atoms with van der Waals surface area (Å²) in [6.07, 6.45) is -1.10.